The number of nitrogens with two attached hydrogens (primary N) is 1. The Morgan fingerprint density at radius 3 is 2.91 bits per heavy atom. The Bertz CT molecular complexity index is 668. The Balaban J connectivity index is 1.72. The second-order valence-electron chi connectivity index (χ2n) is 5.70. The zero-order chi connectivity index (χ0) is 15.5. The maximum absolute atomic E-state index is 5.82. The standard InChI is InChI=1S/C16H21N5O/c1-10-5-12(7-18-11(10)2)8-19-15-6-14(20-16(17)21-15)13-3-4-22-9-13/h5-7,13H,3-4,8-9H2,1-2H3,(H3,17,19,20,21)/t13-/m0/s1. The quantitative estimate of drug-likeness (QED) is 0.900. The van der Waals surface area contributed by atoms with Crippen LogP contribution in [0.4, 0.5) is 11.8 Å². The normalized spacial score (nSPS) is 17.6. The molecule has 1 aliphatic heterocycles. The second-order valence-corrected chi connectivity index (χ2v) is 5.70. The van der Waals surface area contributed by atoms with Gasteiger partial charge in [-0.1, -0.05) is 6.07 Å². The lowest BCUT2D eigenvalue weighted by Crippen LogP contribution is -2.09. The van der Waals surface area contributed by atoms with E-state index < -0.39 is 0 Å². The average molecular weight is 299 g/mol. The third kappa shape index (κ3) is 3.33. The zero-order valence-corrected chi connectivity index (χ0v) is 13.0. The van der Waals surface area contributed by atoms with Crippen LogP contribution in [0.2, 0.25) is 0 Å². The van der Waals surface area contributed by atoms with E-state index in [1.54, 1.807) is 0 Å². The summed E-state index contributed by atoms with van der Waals surface area (Å²) >= 11 is 0. The molecule has 1 aliphatic rings. The smallest absolute Gasteiger partial charge is 0.222 e. The summed E-state index contributed by atoms with van der Waals surface area (Å²) in [7, 11) is 0. The molecule has 3 N–H and O–H groups in total. The van der Waals surface area contributed by atoms with Crippen LogP contribution in [0.1, 0.15) is 34.9 Å². The van der Waals surface area contributed by atoms with Crippen LogP contribution in [-0.2, 0) is 11.3 Å². The summed E-state index contributed by atoms with van der Waals surface area (Å²) in [6.45, 7) is 6.22. The van der Waals surface area contributed by atoms with Crippen LogP contribution in [0.3, 0.4) is 0 Å². The highest BCUT2D eigenvalue weighted by molar-refractivity contribution is 5.42. The third-order valence-corrected chi connectivity index (χ3v) is 3.98. The average Bonchev–Trinajstić information content (AvgIpc) is 3.02. The van der Waals surface area contributed by atoms with Crippen molar-refractivity contribution in [2.24, 2.45) is 0 Å². The van der Waals surface area contributed by atoms with Gasteiger partial charge in [-0.2, -0.15) is 4.98 Å². The minimum Gasteiger partial charge on any atom is -0.381 e. The summed E-state index contributed by atoms with van der Waals surface area (Å²) < 4.78 is 5.41. The number of anilines is 2. The number of pyridine rings is 1. The first kappa shape index (κ1) is 14.7. The van der Waals surface area contributed by atoms with E-state index in [-0.39, 0.29) is 0 Å². The van der Waals surface area contributed by atoms with Gasteiger partial charge in [0.2, 0.25) is 5.95 Å². The number of ether oxygens (including phenoxy) is 1. The number of aryl methyl sites for hydroxylation is 2. The van der Waals surface area contributed by atoms with Crippen molar-refractivity contribution in [1.29, 1.82) is 0 Å². The lowest BCUT2D eigenvalue weighted by atomic mass is 10.0. The van der Waals surface area contributed by atoms with Crippen molar-refractivity contribution < 1.29 is 4.74 Å². The molecule has 0 amide bonds. The maximum atomic E-state index is 5.82. The molecule has 0 saturated carbocycles. The molecule has 0 aromatic carbocycles. The molecule has 6 heteroatoms. The molecule has 0 bridgehead atoms. The predicted octanol–water partition coefficient (Wildman–Crippen LogP) is 2.19. The van der Waals surface area contributed by atoms with E-state index in [1.165, 1.54) is 5.56 Å². The highest BCUT2D eigenvalue weighted by Gasteiger charge is 2.20. The van der Waals surface area contributed by atoms with E-state index in [0.717, 1.165) is 35.8 Å². The Hall–Kier alpha value is -2.21. The molecule has 0 spiro atoms. The number of nitrogen functional groups attached to an aromatic ring is 1. The molecule has 1 fully saturated rings. The molecule has 6 nitrogen and oxygen atoms in total. The Labute approximate surface area is 130 Å². The van der Waals surface area contributed by atoms with Gasteiger partial charge < -0.3 is 15.8 Å². The van der Waals surface area contributed by atoms with E-state index in [2.05, 4.69) is 33.3 Å². The van der Waals surface area contributed by atoms with Crippen molar-refractivity contribution in [3.05, 3.63) is 40.8 Å². The van der Waals surface area contributed by atoms with Gasteiger partial charge in [-0.05, 0) is 31.4 Å². The summed E-state index contributed by atoms with van der Waals surface area (Å²) in [6.07, 6.45) is 2.86. The van der Waals surface area contributed by atoms with Crippen molar-refractivity contribution in [2.75, 3.05) is 24.3 Å². The lowest BCUT2D eigenvalue weighted by Gasteiger charge is -2.12. The van der Waals surface area contributed by atoms with Crippen LogP contribution in [0.5, 0.6) is 0 Å². The predicted molar refractivity (Wildman–Crippen MR) is 85.7 cm³/mol. The van der Waals surface area contributed by atoms with E-state index in [1.807, 2.05) is 19.2 Å². The number of aromatic nitrogens is 3. The molecule has 0 radical (unpaired) electrons. The van der Waals surface area contributed by atoms with Gasteiger partial charge in [-0.15, -0.1) is 0 Å². The molecule has 2 aromatic rings. The molecule has 2 aromatic heterocycles. The van der Waals surface area contributed by atoms with Crippen LogP contribution < -0.4 is 11.1 Å². The molecule has 1 atom stereocenters. The lowest BCUT2D eigenvalue weighted by molar-refractivity contribution is 0.193. The fourth-order valence-electron chi connectivity index (χ4n) is 2.54. The number of hydrogen-bond acceptors (Lipinski definition) is 6. The molecule has 0 unspecified atom stereocenters. The highest BCUT2D eigenvalue weighted by atomic mass is 16.5. The van der Waals surface area contributed by atoms with Crippen molar-refractivity contribution in [3.63, 3.8) is 0 Å². The Morgan fingerprint density at radius 1 is 1.32 bits per heavy atom. The summed E-state index contributed by atoms with van der Waals surface area (Å²) in [5.41, 5.74) is 10.1. The molecule has 116 valence electrons. The van der Waals surface area contributed by atoms with Crippen molar-refractivity contribution in [1.82, 2.24) is 15.0 Å². The van der Waals surface area contributed by atoms with Gasteiger partial charge in [-0.25, -0.2) is 4.98 Å². The Kier molecular flexibility index (Phi) is 4.20. The molecule has 3 heterocycles. The van der Waals surface area contributed by atoms with Crippen molar-refractivity contribution >= 4 is 11.8 Å². The fourth-order valence-corrected chi connectivity index (χ4v) is 2.54. The van der Waals surface area contributed by atoms with Crippen LogP contribution in [0.15, 0.2) is 18.3 Å². The van der Waals surface area contributed by atoms with Gasteiger partial charge in [0.1, 0.15) is 5.82 Å². The second kappa shape index (κ2) is 6.27. The fraction of sp³-hybridized carbons (Fsp3) is 0.438. The van der Waals surface area contributed by atoms with Gasteiger partial charge in [0, 0.05) is 37.0 Å². The van der Waals surface area contributed by atoms with E-state index in [9.17, 15) is 0 Å². The first-order chi connectivity index (χ1) is 10.6. The number of rotatable bonds is 4. The van der Waals surface area contributed by atoms with E-state index in [0.29, 0.717) is 25.0 Å². The zero-order valence-electron chi connectivity index (χ0n) is 13.0. The van der Waals surface area contributed by atoms with Gasteiger partial charge >= 0.3 is 0 Å². The van der Waals surface area contributed by atoms with E-state index >= 15 is 0 Å². The minimum absolute atomic E-state index is 0.296. The minimum atomic E-state index is 0.296. The third-order valence-electron chi connectivity index (χ3n) is 3.98. The molecular formula is C16H21N5O. The summed E-state index contributed by atoms with van der Waals surface area (Å²) in [5, 5.41) is 3.30. The summed E-state index contributed by atoms with van der Waals surface area (Å²) in [6, 6.07) is 4.09. The van der Waals surface area contributed by atoms with Crippen molar-refractivity contribution in [2.45, 2.75) is 32.7 Å². The van der Waals surface area contributed by atoms with Crippen LogP contribution in [0, 0.1) is 13.8 Å². The molecular weight excluding hydrogens is 278 g/mol. The largest absolute Gasteiger partial charge is 0.381 e. The summed E-state index contributed by atoms with van der Waals surface area (Å²) in [4.78, 5) is 13.0. The molecule has 0 aliphatic carbocycles. The van der Waals surface area contributed by atoms with Gasteiger partial charge in [0.25, 0.3) is 0 Å². The molecule has 22 heavy (non-hydrogen) atoms. The molecule has 1 saturated heterocycles. The van der Waals surface area contributed by atoms with E-state index in [4.69, 9.17) is 10.5 Å². The monoisotopic (exact) mass is 299 g/mol. The summed E-state index contributed by atoms with van der Waals surface area (Å²) in [5.74, 6) is 1.35. The first-order valence-corrected chi connectivity index (χ1v) is 7.50. The number of hydrogen-bond donors (Lipinski definition) is 2. The maximum Gasteiger partial charge on any atom is 0.222 e. The molecule has 3 rings (SSSR count). The van der Waals surface area contributed by atoms with Crippen LogP contribution >= 0.6 is 0 Å². The topological polar surface area (TPSA) is 86.0 Å². The first-order valence-electron chi connectivity index (χ1n) is 7.50. The van der Waals surface area contributed by atoms with Crippen LogP contribution in [0.25, 0.3) is 0 Å². The SMILES string of the molecule is Cc1cc(CNc2cc([C@H]3CCOC3)nc(N)n2)cnc1C. The van der Waals surface area contributed by atoms with Crippen LogP contribution in [-0.4, -0.2) is 28.2 Å². The number of nitrogens with one attached hydrogen (secondary N) is 1. The van der Waals surface area contributed by atoms with Gasteiger partial charge in [-0.3, -0.25) is 4.98 Å². The van der Waals surface area contributed by atoms with Gasteiger partial charge in [0.05, 0.1) is 12.3 Å². The van der Waals surface area contributed by atoms with Gasteiger partial charge in [0.15, 0.2) is 0 Å². The number of nitrogens with zero attached hydrogens (tertiary/aromatic N) is 3. The van der Waals surface area contributed by atoms with Crippen molar-refractivity contribution in [3.8, 4) is 0 Å². The highest BCUT2D eigenvalue weighted by Crippen LogP contribution is 2.25. The Morgan fingerprint density at radius 2 is 2.18 bits per heavy atom.